The number of benzene rings is 2. The molecule has 0 aliphatic carbocycles. The fraction of sp³-hybridized carbons (Fsp3) is 0.133. The van der Waals surface area contributed by atoms with E-state index in [4.69, 9.17) is 4.74 Å². The highest BCUT2D eigenvalue weighted by Gasteiger charge is 2.16. The van der Waals surface area contributed by atoms with Crippen molar-refractivity contribution in [3.05, 3.63) is 64.4 Å². The fourth-order valence-electron chi connectivity index (χ4n) is 1.65. The second kappa shape index (κ2) is 5.97. The second-order valence-corrected chi connectivity index (χ2v) is 5.00. The molecule has 1 atom stereocenters. The van der Waals surface area contributed by atoms with Crippen molar-refractivity contribution >= 4 is 21.7 Å². The Kier molecular flexibility index (Phi) is 4.32. The molecular weight excluding hydrogens is 311 g/mol. The Bertz CT molecular complexity index is 581. The van der Waals surface area contributed by atoms with Gasteiger partial charge in [0.2, 0.25) is 5.78 Å². The molecule has 0 aromatic heterocycles. The lowest BCUT2D eigenvalue weighted by Gasteiger charge is -2.13. The highest BCUT2D eigenvalue weighted by Crippen LogP contribution is 2.20. The Balaban J connectivity index is 2.09. The molecule has 0 aliphatic rings. The normalized spacial score (nSPS) is 11.9. The van der Waals surface area contributed by atoms with Gasteiger partial charge in [-0.3, -0.25) is 4.79 Å². The Morgan fingerprint density at radius 3 is 2.53 bits per heavy atom. The van der Waals surface area contributed by atoms with Gasteiger partial charge < -0.3 is 4.74 Å². The third-order valence-electron chi connectivity index (χ3n) is 2.61. The van der Waals surface area contributed by atoms with Gasteiger partial charge in [-0.05, 0) is 49.4 Å². The molecule has 0 amide bonds. The second-order valence-electron chi connectivity index (χ2n) is 4.09. The van der Waals surface area contributed by atoms with Crippen LogP contribution in [-0.2, 0) is 0 Å². The van der Waals surface area contributed by atoms with Crippen LogP contribution in [0.2, 0.25) is 0 Å². The molecule has 4 heteroatoms. The Hall–Kier alpha value is -1.68. The van der Waals surface area contributed by atoms with Crippen LogP contribution >= 0.6 is 15.9 Å². The van der Waals surface area contributed by atoms with Crippen molar-refractivity contribution in [2.45, 2.75) is 13.0 Å². The first kappa shape index (κ1) is 13.7. The molecule has 2 rings (SSSR count). The highest BCUT2D eigenvalue weighted by atomic mass is 79.9. The van der Waals surface area contributed by atoms with E-state index in [-0.39, 0.29) is 11.6 Å². The molecule has 0 N–H and O–H groups in total. The number of ketones is 1. The summed E-state index contributed by atoms with van der Waals surface area (Å²) in [6, 6.07) is 12.7. The fourth-order valence-corrected chi connectivity index (χ4v) is 2.03. The van der Waals surface area contributed by atoms with E-state index >= 15 is 0 Å². The van der Waals surface area contributed by atoms with E-state index in [0.717, 1.165) is 4.47 Å². The average Bonchev–Trinajstić information content (AvgIpc) is 2.39. The maximum absolute atomic E-state index is 12.8. The molecule has 0 bridgehead atoms. The zero-order chi connectivity index (χ0) is 13.8. The summed E-state index contributed by atoms with van der Waals surface area (Å²) in [7, 11) is 0. The lowest BCUT2D eigenvalue weighted by Crippen LogP contribution is -2.23. The SMILES string of the molecule is CC(Oc1cccc(Br)c1)C(=O)c1ccc(F)cc1. The van der Waals surface area contributed by atoms with Crippen LogP contribution in [0.3, 0.4) is 0 Å². The van der Waals surface area contributed by atoms with E-state index in [1.54, 1.807) is 19.1 Å². The molecule has 0 fully saturated rings. The van der Waals surface area contributed by atoms with Crippen LogP contribution in [-0.4, -0.2) is 11.9 Å². The van der Waals surface area contributed by atoms with Crippen molar-refractivity contribution < 1.29 is 13.9 Å². The van der Waals surface area contributed by atoms with Gasteiger partial charge in [-0.25, -0.2) is 4.39 Å². The van der Waals surface area contributed by atoms with Crippen molar-refractivity contribution in [3.63, 3.8) is 0 Å². The lowest BCUT2D eigenvalue weighted by atomic mass is 10.1. The van der Waals surface area contributed by atoms with Gasteiger partial charge in [0.05, 0.1) is 0 Å². The molecule has 1 unspecified atom stereocenters. The number of halogens is 2. The summed E-state index contributed by atoms with van der Waals surface area (Å²) in [5, 5.41) is 0. The number of rotatable bonds is 4. The first-order chi connectivity index (χ1) is 9.06. The molecule has 0 heterocycles. The first-order valence-electron chi connectivity index (χ1n) is 5.78. The molecule has 2 aromatic rings. The van der Waals surface area contributed by atoms with Crippen molar-refractivity contribution in [1.29, 1.82) is 0 Å². The van der Waals surface area contributed by atoms with E-state index < -0.39 is 6.10 Å². The first-order valence-corrected chi connectivity index (χ1v) is 6.57. The number of hydrogen-bond donors (Lipinski definition) is 0. The summed E-state index contributed by atoms with van der Waals surface area (Å²) in [4.78, 5) is 12.1. The number of ether oxygens (including phenoxy) is 1. The molecule has 0 saturated carbocycles. The molecule has 98 valence electrons. The highest BCUT2D eigenvalue weighted by molar-refractivity contribution is 9.10. The Morgan fingerprint density at radius 1 is 1.21 bits per heavy atom. The minimum atomic E-state index is -0.625. The molecule has 0 spiro atoms. The molecule has 0 radical (unpaired) electrons. The van der Waals surface area contributed by atoms with Gasteiger partial charge in [0.15, 0.2) is 6.10 Å². The van der Waals surface area contributed by atoms with Crippen LogP contribution in [0.4, 0.5) is 4.39 Å². The van der Waals surface area contributed by atoms with E-state index in [2.05, 4.69) is 15.9 Å². The van der Waals surface area contributed by atoms with Gasteiger partial charge in [0.1, 0.15) is 11.6 Å². The number of carbonyl (C=O) groups excluding carboxylic acids is 1. The summed E-state index contributed by atoms with van der Waals surface area (Å²) >= 11 is 3.34. The smallest absolute Gasteiger partial charge is 0.202 e. The van der Waals surface area contributed by atoms with Crippen molar-refractivity contribution in [1.82, 2.24) is 0 Å². The minimum Gasteiger partial charge on any atom is -0.483 e. The van der Waals surface area contributed by atoms with Crippen LogP contribution in [0.15, 0.2) is 53.0 Å². The van der Waals surface area contributed by atoms with Crippen molar-refractivity contribution in [2.24, 2.45) is 0 Å². The summed E-state index contributed by atoms with van der Waals surface area (Å²) in [6.45, 7) is 1.67. The van der Waals surface area contributed by atoms with Gasteiger partial charge in [-0.15, -0.1) is 0 Å². The largest absolute Gasteiger partial charge is 0.483 e. The zero-order valence-electron chi connectivity index (χ0n) is 10.3. The Morgan fingerprint density at radius 2 is 1.89 bits per heavy atom. The number of Topliss-reactive ketones (excluding diaryl/α,β-unsaturated/α-hetero) is 1. The van der Waals surface area contributed by atoms with Crippen LogP contribution in [0.1, 0.15) is 17.3 Å². The third-order valence-corrected chi connectivity index (χ3v) is 3.10. The van der Waals surface area contributed by atoms with Gasteiger partial charge in [0, 0.05) is 10.0 Å². The van der Waals surface area contributed by atoms with Crippen LogP contribution in [0.5, 0.6) is 5.75 Å². The minimum absolute atomic E-state index is 0.181. The van der Waals surface area contributed by atoms with Gasteiger partial charge in [-0.1, -0.05) is 22.0 Å². The van der Waals surface area contributed by atoms with Crippen molar-refractivity contribution in [3.8, 4) is 5.75 Å². The molecule has 2 nitrogen and oxygen atoms in total. The zero-order valence-corrected chi connectivity index (χ0v) is 11.9. The van der Waals surface area contributed by atoms with E-state index in [1.165, 1.54) is 24.3 Å². The monoisotopic (exact) mass is 322 g/mol. The molecule has 0 aliphatic heterocycles. The molecule has 0 saturated heterocycles. The van der Waals surface area contributed by atoms with E-state index in [1.807, 2.05) is 12.1 Å². The van der Waals surface area contributed by atoms with Crippen LogP contribution in [0.25, 0.3) is 0 Å². The predicted molar refractivity (Wildman–Crippen MR) is 75.0 cm³/mol. The topological polar surface area (TPSA) is 26.3 Å². The number of hydrogen-bond acceptors (Lipinski definition) is 2. The predicted octanol–water partition coefficient (Wildman–Crippen LogP) is 4.24. The quantitative estimate of drug-likeness (QED) is 0.787. The van der Waals surface area contributed by atoms with Gasteiger partial charge in [0.25, 0.3) is 0 Å². The van der Waals surface area contributed by atoms with Crippen molar-refractivity contribution in [2.75, 3.05) is 0 Å². The van der Waals surface area contributed by atoms with Crippen LogP contribution in [0, 0.1) is 5.82 Å². The summed E-state index contributed by atoms with van der Waals surface area (Å²) in [5.41, 5.74) is 0.434. The van der Waals surface area contributed by atoms with E-state index in [9.17, 15) is 9.18 Å². The van der Waals surface area contributed by atoms with Gasteiger partial charge >= 0.3 is 0 Å². The average molecular weight is 323 g/mol. The third kappa shape index (κ3) is 3.64. The molecule has 19 heavy (non-hydrogen) atoms. The molecular formula is C15H12BrFO2. The maximum atomic E-state index is 12.8. The lowest BCUT2D eigenvalue weighted by molar-refractivity contribution is 0.0818. The van der Waals surface area contributed by atoms with Gasteiger partial charge in [-0.2, -0.15) is 0 Å². The summed E-state index contributed by atoms with van der Waals surface area (Å²) in [5.74, 6) is 0.0643. The van der Waals surface area contributed by atoms with E-state index in [0.29, 0.717) is 11.3 Å². The standard InChI is InChI=1S/C15H12BrFO2/c1-10(19-14-4-2-3-12(16)9-14)15(18)11-5-7-13(17)8-6-11/h2-10H,1H3. The summed E-state index contributed by atoms with van der Waals surface area (Å²) < 4.78 is 19.2. The molecule has 2 aromatic carbocycles. The number of carbonyl (C=O) groups is 1. The maximum Gasteiger partial charge on any atom is 0.202 e. The Labute approximate surface area is 119 Å². The summed E-state index contributed by atoms with van der Waals surface area (Å²) in [6.07, 6.45) is -0.625. The van der Waals surface area contributed by atoms with Crippen LogP contribution < -0.4 is 4.74 Å².